The van der Waals surface area contributed by atoms with Gasteiger partial charge in [-0.3, -0.25) is 9.36 Å². The van der Waals surface area contributed by atoms with Crippen LogP contribution >= 0.6 is 11.8 Å². The number of carbonyl (C=O) groups excluding carboxylic acids is 1. The van der Waals surface area contributed by atoms with E-state index in [2.05, 4.69) is 22.1 Å². The SMILES string of the molecule is C=CCn1c(SCC(=O)Nc2cccc(C(=O)O)c2)nnc1-c1ccc(C)cc1. The Morgan fingerprint density at radius 2 is 1.97 bits per heavy atom. The van der Waals surface area contributed by atoms with Crippen molar-refractivity contribution in [2.45, 2.75) is 18.6 Å². The van der Waals surface area contributed by atoms with E-state index < -0.39 is 5.97 Å². The molecule has 0 aliphatic heterocycles. The monoisotopic (exact) mass is 408 g/mol. The predicted molar refractivity (Wildman–Crippen MR) is 113 cm³/mol. The molecule has 29 heavy (non-hydrogen) atoms. The van der Waals surface area contributed by atoms with Crippen molar-refractivity contribution in [3.63, 3.8) is 0 Å². The second-order valence-electron chi connectivity index (χ2n) is 6.29. The third-order valence-corrected chi connectivity index (χ3v) is 5.03. The number of carboxylic acid groups (broad SMARTS) is 1. The van der Waals surface area contributed by atoms with Crippen LogP contribution in [0, 0.1) is 6.92 Å². The molecule has 1 aromatic heterocycles. The topological polar surface area (TPSA) is 97.1 Å². The van der Waals surface area contributed by atoms with E-state index in [1.54, 1.807) is 18.2 Å². The highest BCUT2D eigenvalue weighted by Crippen LogP contribution is 2.24. The molecular formula is C21H20N4O3S. The van der Waals surface area contributed by atoms with Gasteiger partial charge in [-0.25, -0.2) is 4.79 Å². The quantitative estimate of drug-likeness (QED) is 0.434. The summed E-state index contributed by atoms with van der Waals surface area (Å²) in [6.07, 6.45) is 1.75. The number of aryl methyl sites for hydroxylation is 1. The number of rotatable bonds is 8. The van der Waals surface area contributed by atoms with Crippen molar-refractivity contribution >= 4 is 29.3 Å². The molecule has 2 aromatic carbocycles. The molecule has 0 unspecified atom stereocenters. The van der Waals surface area contributed by atoms with Crippen LogP contribution in [0.2, 0.25) is 0 Å². The van der Waals surface area contributed by atoms with Crippen molar-refractivity contribution in [2.24, 2.45) is 0 Å². The summed E-state index contributed by atoms with van der Waals surface area (Å²) in [7, 11) is 0. The van der Waals surface area contributed by atoms with Crippen LogP contribution in [0.5, 0.6) is 0 Å². The highest BCUT2D eigenvalue weighted by molar-refractivity contribution is 7.99. The van der Waals surface area contributed by atoms with Crippen molar-refractivity contribution in [2.75, 3.05) is 11.1 Å². The minimum absolute atomic E-state index is 0.112. The first-order valence-electron chi connectivity index (χ1n) is 8.85. The molecule has 3 aromatic rings. The van der Waals surface area contributed by atoms with Crippen molar-refractivity contribution < 1.29 is 14.7 Å². The maximum Gasteiger partial charge on any atom is 0.335 e. The molecule has 7 nitrogen and oxygen atoms in total. The van der Waals surface area contributed by atoms with Crippen LogP contribution in [0.25, 0.3) is 11.4 Å². The summed E-state index contributed by atoms with van der Waals surface area (Å²) >= 11 is 1.26. The zero-order chi connectivity index (χ0) is 20.8. The fourth-order valence-corrected chi connectivity index (χ4v) is 3.41. The fraction of sp³-hybridized carbons (Fsp3) is 0.143. The van der Waals surface area contributed by atoms with Gasteiger partial charge in [-0.05, 0) is 25.1 Å². The maximum atomic E-state index is 12.3. The van der Waals surface area contributed by atoms with Gasteiger partial charge >= 0.3 is 5.97 Å². The van der Waals surface area contributed by atoms with Gasteiger partial charge in [0.05, 0.1) is 11.3 Å². The number of aromatic nitrogens is 3. The Bertz CT molecular complexity index is 1040. The van der Waals surface area contributed by atoms with Gasteiger partial charge in [-0.2, -0.15) is 0 Å². The van der Waals surface area contributed by atoms with E-state index in [1.807, 2.05) is 35.8 Å². The standard InChI is InChI=1S/C21H20N4O3S/c1-3-11-25-19(15-9-7-14(2)8-10-15)23-24-21(25)29-13-18(26)22-17-6-4-5-16(12-17)20(27)28/h3-10,12H,1,11,13H2,2H3,(H,22,26)(H,27,28). The van der Waals surface area contributed by atoms with Gasteiger partial charge in [0.25, 0.3) is 0 Å². The first-order valence-corrected chi connectivity index (χ1v) is 9.83. The zero-order valence-electron chi connectivity index (χ0n) is 15.8. The van der Waals surface area contributed by atoms with Crippen LogP contribution in [0.1, 0.15) is 15.9 Å². The third kappa shape index (κ3) is 5.11. The molecule has 0 radical (unpaired) electrons. The van der Waals surface area contributed by atoms with E-state index >= 15 is 0 Å². The number of hydrogen-bond donors (Lipinski definition) is 2. The molecule has 0 fully saturated rings. The molecule has 0 atom stereocenters. The molecule has 1 amide bonds. The first-order chi connectivity index (χ1) is 14.0. The average Bonchev–Trinajstić information content (AvgIpc) is 3.10. The van der Waals surface area contributed by atoms with E-state index in [1.165, 1.54) is 23.9 Å². The minimum Gasteiger partial charge on any atom is -0.478 e. The Labute approximate surface area is 172 Å². The van der Waals surface area contributed by atoms with Crippen LogP contribution in [-0.4, -0.2) is 37.5 Å². The summed E-state index contributed by atoms with van der Waals surface area (Å²) in [6.45, 7) is 6.32. The molecule has 0 saturated carbocycles. The molecule has 0 spiro atoms. The molecule has 0 aliphatic rings. The van der Waals surface area contributed by atoms with E-state index in [-0.39, 0.29) is 17.2 Å². The van der Waals surface area contributed by atoms with Crippen LogP contribution in [-0.2, 0) is 11.3 Å². The Morgan fingerprint density at radius 1 is 1.21 bits per heavy atom. The molecule has 3 rings (SSSR count). The second-order valence-corrected chi connectivity index (χ2v) is 7.24. The molecule has 148 valence electrons. The Morgan fingerprint density at radius 3 is 2.66 bits per heavy atom. The summed E-state index contributed by atoms with van der Waals surface area (Å²) in [5.74, 6) is -0.485. The number of allylic oxidation sites excluding steroid dienone is 1. The van der Waals surface area contributed by atoms with E-state index in [0.29, 0.717) is 23.2 Å². The Balaban J connectivity index is 1.70. The average molecular weight is 408 g/mol. The lowest BCUT2D eigenvalue weighted by Crippen LogP contribution is -2.15. The summed E-state index contributed by atoms with van der Waals surface area (Å²) in [6, 6.07) is 14.1. The summed E-state index contributed by atoms with van der Waals surface area (Å²) in [4.78, 5) is 23.3. The van der Waals surface area contributed by atoms with Crippen LogP contribution in [0.3, 0.4) is 0 Å². The number of nitrogens with zero attached hydrogens (tertiary/aromatic N) is 3. The molecular weight excluding hydrogens is 388 g/mol. The van der Waals surface area contributed by atoms with E-state index in [4.69, 9.17) is 5.11 Å². The number of carbonyl (C=O) groups is 2. The van der Waals surface area contributed by atoms with Gasteiger partial charge in [0.2, 0.25) is 5.91 Å². The van der Waals surface area contributed by atoms with Gasteiger partial charge in [-0.15, -0.1) is 16.8 Å². The third-order valence-electron chi connectivity index (χ3n) is 4.06. The number of thioether (sulfide) groups is 1. The van der Waals surface area contributed by atoms with E-state index in [9.17, 15) is 9.59 Å². The first kappa shape index (κ1) is 20.3. The van der Waals surface area contributed by atoms with Crippen molar-refractivity contribution in [3.05, 3.63) is 72.3 Å². The van der Waals surface area contributed by atoms with Crippen molar-refractivity contribution in [1.29, 1.82) is 0 Å². The fourth-order valence-electron chi connectivity index (χ4n) is 2.66. The van der Waals surface area contributed by atoms with Crippen LogP contribution < -0.4 is 5.32 Å². The molecule has 1 heterocycles. The van der Waals surface area contributed by atoms with E-state index in [0.717, 1.165) is 11.1 Å². The lowest BCUT2D eigenvalue weighted by atomic mass is 10.1. The van der Waals surface area contributed by atoms with Gasteiger partial charge in [0.1, 0.15) is 0 Å². The number of anilines is 1. The minimum atomic E-state index is -1.04. The second kappa shape index (κ2) is 9.20. The van der Waals surface area contributed by atoms with Crippen LogP contribution in [0.4, 0.5) is 5.69 Å². The lowest BCUT2D eigenvalue weighted by Gasteiger charge is -2.09. The highest BCUT2D eigenvalue weighted by atomic mass is 32.2. The molecule has 0 aliphatic carbocycles. The predicted octanol–water partition coefficient (Wildman–Crippen LogP) is 3.87. The summed E-state index contributed by atoms with van der Waals surface area (Å²) in [5, 5.41) is 20.8. The maximum absolute atomic E-state index is 12.3. The normalized spacial score (nSPS) is 10.5. The molecule has 0 bridgehead atoms. The number of amides is 1. The van der Waals surface area contributed by atoms with Gasteiger partial charge in [0, 0.05) is 17.8 Å². The number of hydrogen-bond acceptors (Lipinski definition) is 5. The van der Waals surface area contributed by atoms with Crippen molar-refractivity contribution in [3.8, 4) is 11.4 Å². The number of carboxylic acids is 1. The smallest absolute Gasteiger partial charge is 0.335 e. The number of benzene rings is 2. The van der Waals surface area contributed by atoms with Crippen molar-refractivity contribution in [1.82, 2.24) is 14.8 Å². The summed E-state index contributed by atoms with van der Waals surface area (Å²) < 4.78 is 1.90. The Kier molecular flexibility index (Phi) is 6.46. The summed E-state index contributed by atoms with van der Waals surface area (Å²) in [5.41, 5.74) is 2.64. The molecule has 8 heteroatoms. The number of nitrogens with one attached hydrogen (secondary N) is 1. The highest BCUT2D eigenvalue weighted by Gasteiger charge is 2.15. The number of aromatic carboxylic acids is 1. The van der Waals surface area contributed by atoms with Gasteiger partial charge in [0.15, 0.2) is 11.0 Å². The Hall–Kier alpha value is -3.39. The lowest BCUT2D eigenvalue weighted by molar-refractivity contribution is -0.113. The molecule has 2 N–H and O–H groups in total. The van der Waals surface area contributed by atoms with Crippen LogP contribution in [0.15, 0.2) is 66.3 Å². The zero-order valence-corrected chi connectivity index (χ0v) is 16.6. The van der Waals surface area contributed by atoms with Gasteiger partial charge in [-0.1, -0.05) is 53.7 Å². The molecule has 0 saturated heterocycles. The largest absolute Gasteiger partial charge is 0.478 e. The van der Waals surface area contributed by atoms with Gasteiger partial charge < -0.3 is 10.4 Å².